The van der Waals surface area contributed by atoms with Crippen molar-refractivity contribution in [3.63, 3.8) is 0 Å². The molecule has 0 fully saturated rings. The van der Waals surface area contributed by atoms with Crippen molar-refractivity contribution in [3.05, 3.63) is 70.8 Å². The molecule has 0 radical (unpaired) electrons. The Morgan fingerprint density at radius 1 is 0.821 bits per heavy atom. The molecule has 0 aromatic heterocycles. The molecule has 0 saturated heterocycles. The Hall–Kier alpha value is -0.837. The Morgan fingerprint density at radius 3 is 1.87 bits per heavy atom. The van der Waals surface area contributed by atoms with Gasteiger partial charge in [-0.05, 0) is 24.3 Å². The van der Waals surface area contributed by atoms with Gasteiger partial charge in [0.1, 0.15) is 20.2 Å². The topological polar surface area (TPSA) is 216 Å². The van der Waals surface area contributed by atoms with Gasteiger partial charge in [-0.2, -0.15) is 0 Å². The molecule has 4 rings (SSSR count). The van der Waals surface area contributed by atoms with Crippen LogP contribution >= 0.6 is 0 Å². The molecular formula is C23H17K2N3O9S2. The molecule has 3 aromatic rings. The molecule has 0 unspecified atom stereocenters. The van der Waals surface area contributed by atoms with E-state index in [2.05, 4.69) is 10.6 Å². The van der Waals surface area contributed by atoms with E-state index in [1.807, 2.05) is 0 Å². The van der Waals surface area contributed by atoms with Crippen molar-refractivity contribution >= 4 is 60.5 Å². The number of hydrogen-bond donors (Lipinski definition) is 3. The third kappa shape index (κ3) is 6.98. The summed E-state index contributed by atoms with van der Waals surface area (Å²) in [6, 6.07) is 9.63. The summed E-state index contributed by atoms with van der Waals surface area (Å²) in [7, 11) is -10.2. The van der Waals surface area contributed by atoms with Gasteiger partial charge in [0.2, 0.25) is 5.91 Å². The molecule has 0 aliphatic heterocycles. The van der Waals surface area contributed by atoms with E-state index in [0.717, 1.165) is 24.3 Å². The van der Waals surface area contributed by atoms with Crippen LogP contribution in [-0.4, -0.2) is 43.4 Å². The van der Waals surface area contributed by atoms with Crippen LogP contribution < -0.4 is 119 Å². The van der Waals surface area contributed by atoms with Crippen LogP contribution in [0.1, 0.15) is 45.2 Å². The summed E-state index contributed by atoms with van der Waals surface area (Å²) in [6.07, 6.45) is -0.0395. The summed E-state index contributed by atoms with van der Waals surface area (Å²) in [5.74, 6) is -2.07. The number of carbonyl (C=O) groups is 3. The Morgan fingerprint density at radius 2 is 1.36 bits per heavy atom. The van der Waals surface area contributed by atoms with Crippen molar-refractivity contribution in [2.75, 3.05) is 16.4 Å². The first-order chi connectivity index (χ1) is 17.2. The minimum atomic E-state index is -5.21. The van der Waals surface area contributed by atoms with Crippen LogP contribution in [0.25, 0.3) is 0 Å². The van der Waals surface area contributed by atoms with Gasteiger partial charge >= 0.3 is 103 Å². The number of anilines is 4. The summed E-state index contributed by atoms with van der Waals surface area (Å²) >= 11 is 0. The predicted molar refractivity (Wildman–Crippen MR) is 129 cm³/mol. The van der Waals surface area contributed by atoms with Crippen LogP contribution in [-0.2, 0) is 25.0 Å². The van der Waals surface area contributed by atoms with E-state index in [1.54, 1.807) is 0 Å². The van der Waals surface area contributed by atoms with Crippen molar-refractivity contribution in [3.8, 4) is 0 Å². The zero-order valence-electron chi connectivity index (χ0n) is 20.9. The van der Waals surface area contributed by atoms with Crippen LogP contribution in [0.15, 0.2) is 58.3 Å². The van der Waals surface area contributed by atoms with Crippen molar-refractivity contribution < 1.29 is 143 Å². The zero-order valence-corrected chi connectivity index (χ0v) is 28.8. The van der Waals surface area contributed by atoms with Crippen molar-refractivity contribution in [2.45, 2.75) is 23.1 Å². The fourth-order valence-electron chi connectivity index (χ4n) is 3.92. The van der Waals surface area contributed by atoms with Gasteiger partial charge in [-0.1, -0.05) is 31.2 Å². The van der Waals surface area contributed by atoms with Crippen LogP contribution in [0.3, 0.4) is 0 Å². The Bertz CT molecular complexity index is 1740. The fraction of sp³-hybridized carbons (Fsp3) is 0.0870. The molecule has 0 heterocycles. The number of ketones is 2. The van der Waals surface area contributed by atoms with Gasteiger partial charge in [0, 0.05) is 23.2 Å². The first kappa shape index (κ1) is 34.4. The minimum absolute atomic E-state index is 0. The largest absolute Gasteiger partial charge is 1.00 e. The van der Waals surface area contributed by atoms with Gasteiger partial charge in [0.25, 0.3) is 0 Å². The van der Waals surface area contributed by atoms with Crippen LogP contribution in [0.4, 0.5) is 22.7 Å². The van der Waals surface area contributed by atoms with Crippen molar-refractivity contribution in [1.29, 1.82) is 0 Å². The van der Waals surface area contributed by atoms with Crippen LogP contribution in [0.2, 0.25) is 0 Å². The third-order valence-electron chi connectivity index (χ3n) is 5.59. The number of hydrogen-bond acceptors (Lipinski definition) is 11. The molecule has 1 aliphatic carbocycles. The monoisotopic (exact) mass is 621 g/mol. The molecule has 1 amide bonds. The van der Waals surface area contributed by atoms with Gasteiger partial charge in [-0.25, -0.2) is 16.8 Å². The molecule has 0 atom stereocenters. The summed E-state index contributed by atoms with van der Waals surface area (Å²) in [4.78, 5) is 36.8. The maximum absolute atomic E-state index is 13.4. The number of rotatable bonds is 6. The fourth-order valence-corrected chi connectivity index (χ4v) is 5.16. The number of fused-ring (bicyclic) bond motifs is 2. The Labute approximate surface area is 308 Å². The summed E-state index contributed by atoms with van der Waals surface area (Å²) in [5, 5.41) is 4.97. The second kappa shape index (κ2) is 13.0. The summed E-state index contributed by atoms with van der Waals surface area (Å²) in [5.41, 5.74) is 3.71. The van der Waals surface area contributed by atoms with Crippen molar-refractivity contribution in [1.82, 2.24) is 0 Å². The molecule has 0 saturated carbocycles. The summed E-state index contributed by atoms with van der Waals surface area (Å²) < 4.78 is 70.7. The number of amides is 1. The maximum atomic E-state index is 13.4. The molecule has 0 spiro atoms. The first-order valence-corrected chi connectivity index (χ1v) is 13.3. The third-order valence-corrected chi connectivity index (χ3v) is 7.36. The second-order valence-corrected chi connectivity index (χ2v) is 10.6. The molecule has 4 N–H and O–H groups in total. The second-order valence-electron chi connectivity index (χ2n) is 7.94. The van der Waals surface area contributed by atoms with E-state index in [1.165, 1.54) is 31.2 Å². The van der Waals surface area contributed by atoms with Gasteiger partial charge < -0.3 is 25.5 Å². The molecule has 192 valence electrons. The predicted octanol–water partition coefficient (Wildman–Crippen LogP) is -4.05. The minimum Gasteiger partial charge on any atom is -0.744 e. The SMILES string of the molecule is CCC(=O)Nc1cc(Nc2cc(S(=O)(=O)[O-])c(N)c3c2C(=O)c2ccccc2C3=O)ccc1S(=O)(=O)[O-].[K+].[K+]. The van der Waals surface area contributed by atoms with E-state index in [-0.39, 0.29) is 143 Å². The van der Waals surface area contributed by atoms with E-state index in [4.69, 9.17) is 5.73 Å². The Balaban J connectivity index is 0.00000267. The number of carbonyl (C=O) groups excluding carboxylic acids is 3. The molecule has 12 nitrogen and oxygen atoms in total. The number of nitrogens with one attached hydrogen (secondary N) is 2. The number of nitrogens with two attached hydrogens (primary N) is 1. The molecule has 0 bridgehead atoms. The summed E-state index contributed by atoms with van der Waals surface area (Å²) in [6.45, 7) is 1.49. The molecule has 3 aromatic carbocycles. The smallest absolute Gasteiger partial charge is 0.744 e. The average molecular weight is 622 g/mol. The standard InChI is InChI=1S/C23H19N3O9S2.2K/c1-2-18(27)26-14-9-11(7-8-16(14)36(30,31)32)25-15-10-17(37(33,34)35)21(24)20-19(15)22(28)12-5-3-4-6-13(12)23(20)29;;/h3-10,25H,2,24H2,1H3,(H,26,27)(H,30,31,32)(H,33,34,35);;/q;2*+1/p-2. The maximum Gasteiger partial charge on any atom is 1.00 e. The van der Waals surface area contributed by atoms with Gasteiger partial charge in [0.15, 0.2) is 11.6 Å². The van der Waals surface area contributed by atoms with Gasteiger partial charge in [-0.15, -0.1) is 0 Å². The number of nitrogen functional groups attached to an aromatic ring is 1. The quantitative estimate of drug-likeness (QED) is 0.107. The first-order valence-electron chi connectivity index (χ1n) is 10.5. The molecular weight excluding hydrogens is 605 g/mol. The zero-order chi connectivity index (χ0) is 27.3. The van der Waals surface area contributed by atoms with Gasteiger partial charge in [-0.3, -0.25) is 14.4 Å². The molecule has 39 heavy (non-hydrogen) atoms. The molecule has 1 aliphatic rings. The normalized spacial score (nSPS) is 12.4. The van der Waals surface area contributed by atoms with E-state index >= 15 is 0 Å². The van der Waals surface area contributed by atoms with Crippen molar-refractivity contribution in [2.24, 2.45) is 0 Å². The average Bonchev–Trinajstić information content (AvgIpc) is 2.82. The van der Waals surface area contributed by atoms with E-state index in [0.29, 0.717) is 0 Å². The number of benzene rings is 3. The van der Waals surface area contributed by atoms with Crippen LogP contribution in [0, 0.1) is 0 Å². The van der Waals surface area contributed by atoms with E-state index in [9.17, 15) is 40.3 Å². The Kier molecular flexibility index (Phi) is 11.4. The van der Waals surface area contributed by atoms with E-state index < -0.39 is 58.8 Å². The van der Waals surface area contributed by atoms with Crippen LogP contribution in [0.5, 0.6) is 0 Å². The van der Waals surface area contributed by atoms with Gasteiger partial charge in [0.05, 0.1) is 38.0 Å². The molecule has 16 heteroatoms.